The first kappa shape index (κ1) is 17.5. The fourth-order valence-corrected chi connectivity index (χ4v) is 2.09. The van der Waals surface area contributed by atoms with E-state index in [0.717, 1.165) is 6.26 Å². The number of ether oxygens (including phenoxy) is 1. The molecular weight excluding hydrogens is 292 g/mol. The van der Waals surface area contributed by atoms with Crippen LogP contribution < -0.4 is 10.0 Å². The second kappa shape index (κ2) is 7.42. The molecule has 21 heavy (non-hydrogen) atoms. The van der Waals surface area contributed by atoms with Crippen molar-refractivity contribution in [3.05, 3.63) is 24.3 Å². The highest BCUT2D eigenvalue weighted by atomic mass is 32.2. The van der Waals surface area contributed by atoms with Crippen molar-refractivity contribution in [3.63, 3.8) is 0 Å². The van der Waals surface area contributed by atoms with E-state index in [1.54, 1.807) is 31.2 Å². The summed E-state index contributed by atoms with van der Waals surface area (Å²) in [5.74, 6) is 0.0784. The van der Waals surface area contributed by atoms with Gasteiger partial charge in [0.2, 0.25) is 10.0 Å². The molecule has 118 valence electrons. The Kier molecular flexibility index (Phi) is 6.17. The monoisotopic (exact) mass is 314 g/mol. The van der Waals surface area contributed by atoms with E-state index >= 15 is 0 Å². The number of anilines is 2. The maximum Gasteiger partial charge on any atom is 0.253 e. The number of sulfonamides is 1. The summed E-state index contributed by atoms with van der Waals surface area (Å²) in [6.45, 7) is 6.19. The van der Waals surface area contributed by atoms with Crippen molar-refractivity contribution in [3.8, 4) is 0 Å². The minimum absolute atomic E-state index is 0.271. The minimum atomic E-state index is -3.34. The molecule has 1 aromatic carbocycles. The van der Waals surface area contributed by atoms with Gasteiger partial charge in [-0.05, 0) is 31.0 Å². The smallest absolute Gasteiger partial charge is 0.253 e. The lowest BCUT2D eigenvalue weighted by molar-refractivity contribution is -0.126. The first-order valence-electron chi connectivity index (χ1n) is 6.67. The van der Waals surface area contributed by atoms with Crippen molar-refractivity contribution >= 4 is 27.3 Å². The Labute approximate surface area is 125 Å². The molecular formula is C14H22N2O4S. The van der Waals surface area contributed by atoms with E-state index in [0.29, 0.717) is 23.9 Å². The van der Waals surface area contributed by atoms with Crippen LogP contribution in [0.25, 0.3) is 0 Å². The topological polar surface area (TPSA) is 84.5 Å². The van der Waals surface area contributed by atoms with Gasteiger partial charge >= 0.3 is 0 Å². The number of hydrogen-bond donors (Lipinski definition) is 2. The van der Waals surface area contributed by atoms with Crippen LogP contribution in [0.1, 0.15) is 20.8 Å². The Hall–Kier alpha value is -1.60. The molecule has 7 heteroatoms. The highest BCUT2D eigenvalue weighted by molar-refractivity contribution is 7.92. The van der Waals surface area contributed by atoms with Crippen molar-refractivity contribution in [2.24, 2.45) is 5.92 Å². The number of rotatable bonds is 7. The van der Waals surface area contributed by atoms with E-state index in [4.69, 9.17) is 4.74 Å². The second-order valence-electron chi connectivity index (χ2n) is 5.31. The third-order valence-corrected chi connectivity index (χ3v) is 3.09. The summed E-state index contributed by atoms with van der Waals surface area (Å²) >= 11 is 0. The van der Waals surface area contributed by atoms with Crippen molar-refractivity contribution in [1.82, 2.24) is 0 Å². The molecule has 0 radical (unpaired) electrons. The van der Waals surface area contributed by atoms with Crippen LogP contribution in [0.2, 0.25) is 0 Å². The van der Waals surface area contributed by atoms with Gasteiger partial charge in [-0.3, -0.25) is 9.52 Å². The zero-order valence-electron chi connectivity index (χ0n) is 12.7. The van der Waals surface area contributed by atoms with E-state index in [9.17, 15) is 13.2 Å². The average molecular weight is 314 g/mol. The van der Waals surface area contributed by atoms with E-state index in [-0.39, 0.29) is 5.91 Å². The van der Waals surface area contributed by atoms with Crippen molar-refractivity contribution < 1.29 is 17.9 Å². The number of amides is 1. The molecule has 0 fully saturated rings. The fourth-order valence-electron chi connectivity index (χ4n) is 1.53. The third-order valence-electron chi connectivity index (χ3n) is 2.48. The lowest BCUT2D eigenvalue weighted by atomic mass is 10.2. The van der Waals surface area contributed by atoms with Crippen LogP contribution in [-0.2, 0) is 19.6 Å². The van der Waals surface area contributed by atoms with Crippen molar-refractivity contribution in [1.29, 1.82) is 0 Å². The molecule has 6 nitrogen and oxygen atoms in total. The summed E-state index contributed by atoms with van der Waals surface area (Å²) in [6.07, 6.45) is 0.499. The normalized spacial score (nSPS) is 13.0. The first-order chi connectivity index (χ1) is 9.67. The lowest BCUT2D eigenvalue weighted by Gasteiger charge is -2.15. The first-order valence-corrected chi connectivity index (χ1v) is 8.57. The number of nitrogens with one attached hydrogen (secondary N) is 2. The Morgan fingerprint density at radius 3 is 2.43 bits per heavy atom. The van der Waals surface area contributed by atoms with Gasteiger partial charge in [0.05, 0.1) is 11.9 Å². The fraction of sp³-hybridized carbons (Fsp3) is 0.500. The zero-order chi connectivity index (χ0) is 16.0. The van der Waals surface area contributed by atoms with Crippen LogP contribution in [0.5, 0.6) is 0 Å². The summed E-state index contributed by atoms with van der Waals surface area (Å²) < 4.78 is 30.1. The summed E-state index contributed by atoms with van der Waals surface area (Å²) in [5.41, 5.74) is 0.902. The number of hydrogen-bond acceptors (Lipinski definition) is 4. The van der Waals surface area contributed by atoms with E-state index in [2.05, 4.69) is 10.0 Å². The molecule has 0 heterocycles. The molecule has 0 spiro atoms. The Bertz CT molecular complexity index is 584. The second-order valence-corrected chi connectivity index (χ2v) is 7.06. The van der Waals surface area contributed by atoms with Crippen LogP contribution >= 0.6 is 0 Å². The van der Waals surface area contributed by atoms with E-state index in [1.807, 2.05) is 13.8 Å². The summed E-state index contributed by atoms with van der Waals surface area (Å²) in [6, 6.07) is 6.49. The maximum atomic E-state index is 11.9. The third kappa shape index (κ3) is 7.10. The molecule has 2 N–H and O–H groups in total. The molecule has 0 aromatic heterocycles. The minimum Gasteiger partial charge on any atom is -0.368 e. The molecule has 0 saturated heterocycles. The van der Waals surface area contributed by atoms with Gasteiger partial charge in [0.15, 0.2) is 0 Å². The van der Waals surface area contributed by atoms with Gasteiger partial charge in [-0.1, -0.05) is 19.9 Å². The number of benzene rings is 1. The summed E-state index contributed by atoms with van der Waals surface area (Å²) in [5, 5.41) is 2.69. The Morgan fingerprint density at radius 2 is 1.86 bits per heavy atom. The molecule has 0 bridgehead atoms. The van der Waals surface area contributed by atoms with Crippen LogP contribution in [0, 0.1) is 5.92 Å². The van der Waals surface area contributed by atoms with E-state index < -0.39 is 16.1 Å². The van der Waals surface area contributed by atoms with Crippen molar-refractivity contribution in [2.45, 2.75) is 26.9 Å². The molecule has 1 atom stereocenters. The van der Waals surface area contributed by atoms with Gasteiger partial charge in [0.25, 0.3) is 5.91 Å². The van der Waals surface area contributed by atoms with Gasteiger partial charge < -0.3 is 10.1 Å². The number of carbonyl (C=O) groups is 1. The zero-order valence-corrected chi connectivity index (χ0v) is 13.5. The molecule has 0 aliphatic rings. The van der Waals surface area contributed by atoms with Gasteiger partial charge in [-0.25, -0.2) is 8.42 Å². The highest BCUT2D eigenvalue weighted by Crippen LogP contribution is 2.16. The SMILES string of the molecule is CC(C)COC(C)C(=O)Nc1cccc(NS(C)(=O)=O)c1. The van der Waals surface area contributed by atoms with Gasteiger partial charge in [0.1, 0.15) is 6.10 Å². The predicted octanol–water partition coefficient (Wildman–Crippen LogP) is 2.06. The largest absolute Gasteiger partial charge is 0.368 e. The molecule has 1 amide bonds. The molecule has 0 aliphatic carbocycles. The maximum absolute atomic E-state index is 11.9. The Balaban J connectivity index is 2.66. The van der Waals surface area contributed by atoms with Crippen LogP contribution in [0.4, 0.5) is 11.4 Å². The number of carbonyl (C=O) groups excluding carboxylic acids is 1. The molecule has 0 aliphatic heterocycles. The lowest BCUT2D eigenvalue weighted by Crippen LogP contribution is -2.28. The summed E-state index contributed by atoms with van der Waals surface area (Å²) in [7, 11) is -3.34. The van der Waals surface area contributed by atoms with Gasteiger partial charge in [-0.15, -0.1) is 0 Å². The van der Waals surface area contributed by atoms with Crippen LogP contribution in [0.3, 0.4) is 0 Å². The average Bonchev–Trinajstić information content (AvgIpc) is 2.34. The van der Waals surface area contributed by atoms with Crippen LogP contribution in [-0.4, -0.2) is 33.3 Å². The highest BCUT2D eigenvalue weighted by Gasteiger charge is 2.14. The standard InChI is InChI=1S/C14H22N2O4S/c1-10(2)9-20-11(3)14(17)15-12-6-5-7-13(8-12)16-21(4,18)19/h5-8,10-11,16H,9H2,1-4H3,(H,15,17). The quantitative estimate of drug-likeness (QED) is 0.807. The Morgan fingerprint density at radius 1 is 1.24 bits per heavy atom. The van der Waals surface area contributed by atoms with Gasteiger partial charge in [-0.2, -0.15) is 0 Å². The van der Waals surface area contributed by atoms with Crippen LogP contribution in [0.15, 0.2) is 24.3 Å². The molecule has 1 rings (SSSR count). The van der Waals surface area contributed by atoms with E-state index in [1.165, 1.54) is 0 Å². The predicted molar refractivity (Wildman–Crippen MR) is 83.8 cm³/mol. The van der Waals surface area contributed by atoms with Gasteiger partial charge in [0, 0.05) is 12.3 Å². The van der Waals surface area contributed by atoms with Crippen molar-refractivity contribution in [2.75, 3.05) is 22.9 Å². The summed E-state index contributed by atoms with van der Waals surface area (Å²) in [4.78, 5) is 11.9. The molecule has 0 saturated carbocycles. The molecule has 1 unspecified atom stereocenters. The molecule has 1 aromatic rings.